The first-order chi connectivity index (χ1) is 18.8. The third kappa shape index (κ3) is 5.52. The number of aliphatic imine (C=N–C) groups is 1. The largest absolute Gasteiger partial charge is 0.480 e. The highest BCUT2D eigenvalue weighted by Gasteiger charge is 2.53. The van der Waals surface area contributed by atoms with Crippen LogP contribution in [-0.2, 0) is 32.3 Å². The molecule has 0 bridgehead atoms. The third-order valence-corrected chi connectivity index (χ3v) is 8.82. The highest BCUT2D eigenvalue weighted by atomic mass is 32.2. The zero-order valence-corrected chi connectivity index (χ0v) is 22.6. The Morgan fingerprint density at radius 2 is 2.23 bits per heavy atom. The lowest BCUT2D eigenvalue weighted by molar-refractivity contribution is -0.679. The molecule has 0 aliphatic carbocycles. The molecule has 3 unspecified atom stereocenters. The molecule has 7 N–H and O–H groups in total. The minimum atomic E-state index is -0.920. The van der Waals surface area contributed by atoms with Gasteiger partial charge >= 0.3 is 11.6 Å². The summed E-state index contributed by atoms with van der Waals surface area (Å²) < 4.78 is 6.45. The number of thioether (sulfide) groups is 1. The van der Waals surface area contributed by atoms with Crippen molar-refractivity contribution in [2.45, 2.75) is 43.0 Å². The molecule has 17 heteroatoms. The monoisotopic (exact) mass is 577 g/mol. The van der Waals surface area contributed by atoms with Crippen molar-refractivity contribution in [1.82, 2.24) is 24.5 Å². The number of carboxylic acid groups (broad SMARTS) is 1. The molecule has 15 nitrogen and oxygen atoms in total. The van der Waals surface area contributed by atoms with E-state index in [1.54, 1.807) is 29.6 Å². The lowest BCUT2D eigenvalue weighted by Crippen LogP contribution is -2.73. The number of fused-ring (bicyclic) bond motifs is 2. The SMILES string of the molecule is CCO/N=C(\C(=O)N[C@@H]1CN2C(C(=O)O)C(C[n+]3cccc4c3ncn4CC(N)=O)CS[C@H]12)C1=NC(N)SN1. The lowest BCUT2D eigenvalue weighted by Gasteiger charge is -2.54. The van der Waals surface area contributed by atoms with Gasteiger partial charge in [-0.05, 0) is 36.0 Å². The second-order valence-corrected chi connectivity index (χ2v) is 11.3. The number of hydrogen-bond donors (Lipinski definition) is 5. The summed E-state index contributed by atoms with van der Waals surface area (Å²) in [7, 11) is 0. The van der Waals surface area contributed by atoms with Crippen molar-refractivity contribution in [2.24, 2.45) is 27.5 Å². The summed E-state index contributed by atoms with van der Waals surface area (Å²) in [6, 6.07) is 2.65. The quantitative estimate of drug-likeness (QED) is 0.0906. The fourth-order valence-electron chi connectivity index (χ4n) is 4.93. The van der Waals surface area contributed by atoms with Crippen LogP contribution in [0.1, 0.15) is 6.92 Å². The van der Waals surface area contributed by atoms with Crippen LogP contribution < -0.4 is 26.1 Å². The molecule has 3 aliphatic heterocycles. The van der Waals surface area contributed by atoms with Gasteiger partial charge in [0.15, 0.2) is 11.3 Å². The van der Waals surface area contributed by atoms with E-state index < -0.39 is 29.3 Å². The minimum absolute atomic E-state index is 0.00611. The maximum atomic E-state index is 13.1. The topological polar surface area (TPSA) is 206 Å². The second kappa shape index (κ2) is 11.4. The van der Waals surface area contributed by atoms with Gasteiger partial charge in [-0.1, -0.05) is 5.16 Å². The number of carbonyl (C=O) groups is 3. The smallest absolute Gasteiger partial charge is 0.348 e. The summed E-state index contributed by atoms with van der Waals surface area (Å²) in [5.41, 5.74) is 11.9. The van der Waals surface area contributed by atoms with Gasteiger partial charge in [-0.3, -0.25) is 29.6 Å². The van der Waals surface area contributed by atoms with E-state index in [0.29, 0.717) is 24.5 Å². The summed E-state index contributed by atoms with van der Waals surface area (Å²) in [6.07, 6.45) is 3.40. The summed E-state index contributed by atoms with van der Waals surface area (Å²) >= 11 is 2.75. The van der Waals surface area contributed by atoms with Crippen LogP contribution in [-0.4, -0.2) is 90.7 Å². The van der Waals surface area contributed by atoms with Crippen molar-refractivity contribution >= 4 is 64.2 Å². The van der Waals surface area contributed by atoms with Crippen LogP contribution in [0.2, 0.25) is 0 Å². The minimum Gasteiger partial charge on any atom is -0.480 e. The number of imidazole rings is 1. The number of aliphatic carboxylic acids is 1. The van der Waals surface area contributed by atoms with Gasteiger partial charge in [-0.2, -0.15) is 0 Å². The van der Waals surface area contributed by atoms with E-state index >= 15 is 0 Å². The van der Waals surface area contributed by atoms with Crippen LogP contribution in [0.3, 0.4) is 0 Å². The van der Waals surface area contributed by atoms with E-state index in [-0.39, 0.29) is 42.0 Å². The van der Waals surface area contributed by atoms with Gasteiger partial charge in [0.25, 0.3) is 5.91 Å². The third-order valence-electron chi connectivity index (χ3n) is 6.60. The van der Waals surface area contributed by atoms with Gasteiger partial charge in [-0.15, -0.1) is 11.8 Å². The molecule has 2 fully saturated rings. The Hall–Kier alpha value is -3.41. The number of rotatable bonds is 10. The zero-order valence-electron chi connectivity index (χ0n) is 21.0. The summed E-state index contributed by atoms with van der Waals surface area (Å²) in [4.78, 5) is 52.5. The fourth-order valence-corrected chi connectivity index (χ4v) is 7.00. The Bertz CT molecular complexity index is 1350. The number of nitrogens with zero attached hydrogens (tertiary/aromatic N) is 6. The number of amides is 2. The Morgan fingerprint density at radius 3 is 2.92 bits per heavy atom. The van der Waals surface area contributed by atoms with Crippen molar-refractivity contribution < 1.29 is 28.9 Å². The van der Waals surface area contributed by atoms with E-state index in [9.17, 15) is 19.5 Å². The highest BCUT2D eigenvalue weighted by molar-refractivity contribution is 8.00. The van der Waals surface area contributed by atoms with Gasteiger partial charge in [0, 0.05) is 18.2 Å². The highest BCUT2D eigenvalue weighted by Crippen LogP contribution is 2.40. The van der Waals surface area contributed by atoms with E-state index in [4.69, 9.17) is 16.3 Å². The molecule has 208 valence electrons. The van der Waals surface area contributed by atoms with Gasteiger partial charge in [0.2, 0.25) is 17.9 Å². The molecule has 2 saturated heterocycles. The summed E-state index contributed by atoms with van der Waals surface area (Å²) in [6.45, 7) is 2.82. The van der Waals surface area contributed by atoms with E-state index in [1.807, 2.05) is 27.8 Å². The molecule has 39 heavy (non-hydrogen) atoms. The number of aromatic nitrogens is 3. The molecule has 5 rings (SSSR count). The van der Waals surface area contributed by atoms with E-state index in [0.717, 1.165) is 17.5 Å². The first-order valence-electron chi connectivity index (χ1n) is 12.2. The molecule has 2 aromatic heterocycles. The van der Waals surface area contributed by atoms with Crippen LogP contribution in [0.15, 0.2) is 34.8 Å². The number of hydrogen-bond acceptors (Lipinski definition) is 12. The van der Waals surface area contributed by atoms with Crippen molar-refractivity contribution in [3.05, 3.63) is 24.7 Å². The Balaban J connectivity index is 1.28. The first-order valence-corrected chi connectivity index (χ1v) is 14.2. The Morgan fingerprint density at radius 1 is 1.41 bits per heavy atom. The lowest BCUT2D eigenvalue weighted by atomic mass is 9.93. The molecule has 5 heterocycles. The Kier molecular flexibility index (Phi) is 7.92. The van der Waals surface area contributed by atoms with Gasteiger partial charge in [0.05, 0.1) is 24.2 Å². The van der Waals surface area contributed by atoms with Crippen molar-refractivity contribution in [3.63, 3.8) is 0 Å². The number of oxime groups is 1. The van der Waals surface area contributed by atoms with Crippen molar-refractivity contribution in [2.75, 3.05) is 18.9 Å². The predicted octanol–water partition coefficient (Wildman–Crippen LogP) is -1.96. The maximum Gasteiger partial charge on any atom is 0.348 e. The van der Waals surface area contributed by atoms with E-state index in [2.05, 4.69) is 25.2 Å². The average molecular weight is 578 g/mol. The van der Waals surface area contributed by atoms with Crippen LogP contribution in [0.5, 0.6) is 0 Å². The average Bonchev–Trinajstić information content (AvgIpc) is 3.49. The standard InChI is InChI=1S/C22H28N10O5S2/c1-2-37-28-15(17-27-22(24)39-29-17)19(34)26-12-7-32-16(21(35)36)11(9-38-20(12)32)6-30-5-3-4-13-18(30)25-10-31(13)8-14(23)33/h3-5,10-12,16,20,22H,2,6-9,24H2,1H3,(H4-,23,26,27,29,33,34,35,36)/p+1/b28-15-/t11?,12-,16?,20-,22?/m1/s1. The number of nitrogens with one attached hydrogen (secondary N) is 2. The molecule has 0 radical (unpaired) electrons. The van der Waals surface area contributed by atoms with E-state index in [1.165, 1.54) is 0 Å². The second-order valence-electron chi connectivity index (χ2n) is 9.20. The van der Waals surface area contributed by atoms with Crippen LogP contribution in [0, 0.1) is 5.92 Å². The first kappa shape index (κ1) is 27.2. The van der Waals surface area contributed by atoms with Gasteiger partial charge in [-0.25, -0.2) is 9.56 Å². The Labute approximate surface area is 231 Å². The normalized spacial score (nSPS) is 26.8. The predicted molar refractivity (Wildman–Crippen MR) is 144 cm³/mol. The van der Waals surface area contributed by atoms with Crippen LogP contribution in [0.25, 0.3) is 11.2 Å². The zero-order chi connectivity index (χ0) is 27.7. The number of amidine groups is 1. The molecule has 0 saturated carbocycles. The van der Waals surface area contributed by atoms with Crippen molar-refractivity contribution in [3.8, 4) is 0 Å². The molecule has 5 atom stereocenters. The summed E-state index contributed by atoms with van der Waals surface area (Å²) in [5.74, 6) is -1.29. The number of nitrogens with two attached hydrogens (primary N) is 2. The maximum absolute atomic E-state index is 13.1. The molecule has 0 spiro atoms. The molecule has 0 aromatic carbocycles. The molecular formula is C22H29N10O5S2+. The summed E-state index contributed by atoms with van der Waals surface area (Å²) in [5, 5.41) is 16.8. The van der Waals surface area contributed by atoms with Crippen molar-refractivity contribution in [1.29, 1.82) is 0 Å². The number of carboxylic acids is 1. The number of primary amides is 1. The number of pyridine rings is 1. The fraction of sp³-hybridized carbons (Fsp3) is 0.500. The van der Waals surface area contributed by atoms with Gasteiger partial charge in [0.1, 0.15) is 24.7 Å². The number of carbonyl (C=O) groups excluding carboxylic acids is 2. The van der Waals surface area contributed by atoms with Crippen LogP contribution >= 0.6 is 23.7 Å². The molecular weight excluding hydrogens is 548 g/mol. The van der Waals surface area contributed by atoms with Crippen LogP contribution in [0.4, 0.5) is 0 Å². The molecule has 2 amide bonds. The van der Waals surface area contributed by atoms with Gasteiger partial charge < -0.3 is 25.7 Å². The molecule has 3 aliphatic rings. The molecule has 2 aromatic rings.